The van der Waals surface area contributed by atoms with Crippen molar-refractivity contribution in [2.24, 2.45) is 0 Å². The van der Waals surface area contributed by atoms with E-state index >= 15 is 0 Å². The summed E-state index contributed by atoms with van der Waals surface area (Å²) in [6.07, 6.45) is 2.13. The summed E-state index contributed by atoms with van der Waals surface area (Å²) in [5, 5.41) is 0.944. The number of ketones is 1. The molecular weight excluding hydrogens is 357 g/mol. The van der Waals surface area contributed by atoms with Crippen LogP contribution in [0.15, 0.2) is 42.6 Å². The number of H-pyrrole nitrogens is 1. The van der Waals surface area contributed by atoms with E-state index in [2.05, 4.69) is 4.98 Å². The minimum absolute atomic E-state index is 0.0614. The maximum absolute atomic E-state index is 13.7. The lowest BCUT2D eigenvalue weighted by Gasteiger charge is -2.07. The van der Waals surface area contributed by atoms with E-state index in [4.69, 9.17) is 16.3 Å². The number of nitrogens with one attached hydrogen (secondary N) is 1. The Kier molecular flexibility index (Phi) is 5.38. The van der Waals surface area contributed by atoms with E-state index < -0.39 is 18.4 Å². The van der Waals surface area contributed by atoms with Crippen LogP contribution in [-0.4, -0.2) is 23.3 Å². The zero-order valence-electron chi connectivity index (χ0n) is 14.1. The summed E-state index contributed by atoms with van der Waals surface area (Å²) in [5.74, 6) is -1.61. The van der Waals surface area contributed by atoms with Gasteiger partial charge >= 0.3 is 5.97 Å². The summed E-state index contributed by atoms with van der Waals surface area (Å²) in [7, 11) is 0. The van der Waals surface area contributed by atoms with Crippen LogP contribution in [0.1, 0.15) is 28.4 Å². The molecule has 0 saturated heterocycles. The number of para-hydroxylation sites is 1. The number of carbonyl (C=O) groups excluding carboxylic acids is 2. The fourth-order valence-corrected chi connectivity index (χ4v) is 3.09. The van der Waals surface area contributed by atoms with Crippen molar-refractivity contribution in [3.8, 4) is 0 Å². The van der Waals surface area contributed by atoms with Crippen LogP contribution < -0.4 is 0 Å². The number of esters is 1. The molecule has 0 aliphatic carbocycles. The summed E-state index contributed by atoms with van der Waals surface area (Å²) in [5.41, 5.74) is 2.54. The summed E-state index contributed by atoms with van der Waals surface area (Å²) < 4.78 is 18.7. The molecule has 4 nitrogen and oxygen atoms in total. The number of hydrogen-bond acceptors (Lipinski definition) is 3. The average Bonchev–Trinajstić information content (AvgIpc) is 3.07. The summed E-state index contributed by atoms with van der Waals surface area (Å²) >= 11 is 5.89. The van der Waals surface area contributed by atoms with Gasteiger partial charge in [-0.05, 0) is 24.1 Å². The highest BCUT2D eigenvalue weighted by atomic mass is 35.5. The molecule has 0 amide bonds. The molecule has 0 fully saturated rings. The highest BCUT2D eigenvalue weighted by molar-refractivity contribution is 6.31. The first kappa shape index (κ1) is 18.1. The number of ether oxygens (including phenoxy) is 1. The van der Waals surface area contributed by atoms with Gasteiger partial charge < -0.3 is 9.72 Å². The van der Waals surface area contributed by atoms with Crippen LogP contribution in [0.2, 0.25) is 5.02 Å². The van der Waals surface area contributed by atoms with Gasteiger partial charge in [0.2, 0.25) is 5.78 Å². The first-order valence-corrected chi connectivity index (χ1v) is 8.59. The molecule has 2 aromatic carbocycles. The Labute approximate surface area is 154 Å². The van der Waals surface area contributed by atoms with Crippen LogP contribution in [0.5, 0.6) is 0 Å². The van der Waals surface area contributed by atoms with Crippen LogP contribution in [-0.2, 0) is 22.4 Å². The Hall–Kier alpha value is -2.66. The van der Waals surface area contributed by atoms with Gasteiger partial charge in [0.25, 0.3) is 0 Å². The van der Waals surface area contributed by atoms with Gasteiger partial charge in [-0.25, -0.2) is 4.39 Å². The van der Waals surface area contributed by atoms with Crippen LogP contribution in [0.3, 0.4) is 0 Å². The zero-order chi connectivity index (χ0) is 18.7. The third kappa shape index (κ3) is 3.63. The van der Waals surface area contributed by atoms with Crippen LogP contribution in [0, 0.1) is 5.82 Å². The number of aromatic amines is 1. The van der Waals surface area contributed by atoms with Crippen LogP contribution in [0.4, 0.5) is 4.39 Å². The molecule has 0 bridgehead atoms. The van der Waals surface area contributed by atoms with Gasteiger partial charge in [0.05, 0.1) is 6.42 Å². The van der Waals surface area contributed by atoms with Crippen molar-refractivity contribution in [1.29, 1.82) is 0 Å². The van der Waals surface area contributed by atoms with Gasteiger partial charge in [0.1, 0.15) is 5.82 Å². The molecule has 3 aromatic rings. The molecule has 0 atom stereocenters. The maximum atomic E-state index is 13.7. The minimum atomic E-state index is -0.709. The van der Waals surface area contributed by atoms with E-state index in [1.165, 1.54) is 18.2 Å². The SMILES string of the molecule is CCc1cccc2c(C(=O)COC(=O)Cc3c(F)cccc3Cl)c[nH]c12. The Morgan fingerprint density at radius 1 is 1.19 bits per heavy atom. The van der Waals surface area contributed by atoms with Crippen molar-refractivity contribution < 1.29 is 18.7 Å². The lowest BCUT2D eigenvalue weighted by atomic mass is 10.1. The highest BCUT2D eigenvalue weighted by Gasteiger charge is 2.17. The van der Waals surface area contributed by atoms with E-state index in [1.807, 2.05) is 25.1 Å². The lowest BCUT2D eigenvalue weighted by Crippen LogP contribution is -2.16. The van der Waals surface area contributed by atoms with E-state index in [-0.39, 0.29) is 22.8 Å². The molecule has 0 saturated carbocycles. The van der Waals surface area contributed by atoms with Gasteiger partial charge in [-0.2, -0.15) is 0 Å². The Balaban J connectivity index is 1.68. The number of carbonyl (C=O) groups is 2. The molecule has 3 rings (SSSR count). The fourth-order valence-electron chi connectivity index (χ4n) is 2.86. The highest BCUT2D eigenvalue weighted by Crippen LogP contribution is 2.23. The molecular formula is C20H17ClFNO3. The molecule has 1 heterocycles. The lowest BCUT2D eigenvalue weighted by molar-refractivity contribution is -0.141. The van der Waals surface area contributed by atoms with Crippen molar-refractivity contribution in [2.45, 2.75) is 19.8 Å². The summed E-state index contributed by atoms with van der Waals surface area (Å²) in [4.78, 5) is 27.5. The molecule has 0 aliphatic rings. The standard InChI is InChI=1S/C20H17ClFNO3/c1-2-12-5-3-6-13-15(10-23-20(12)13)18(24)11-26-19(25)9-14-16(21)7-4-8-17(14)22/h3-8,10,23H,2,9,11H2,1H3. The van der Waals surface area contributed by atoms with Crippen molar-refractivity contribution in [1.82, 2.24) is 4.98 Å². The second kappa shape index (κ2) is 7.70. The molecule has 134 valence electrons. The number of halogens is 2. The molecule has 0 aliphatic heterocycles. The smallest absolute Gasteiger partial charge is 0.310 e. The van der Waals surface area contributed by atoms with Gasteiger partial charge in [-0.3, -0.25) is 9.59 Å². The van der Waals surface area contributed by atoms with Crippen LogP contribution in [0.25, 0.3) is 10.9 Å². The van der Waals surface area contributed by atoms with Gasteiger partial charge in [-0.15, -0.1) is 0 Å². The third-order valence-electron chi connectivity index (χ3n) is 4.23. The zero-order valence-corrected chi connectivity index (χ0v) is 14.9. The third-order valence-corrected chi connectivity index (χ3v) is 4.58. The van der Waals surface area contributed by atoms with E-state index in [1.54, 1.807) is 6.20 Å². The topological polar surface area (TPSA) is 59.2 Å². The predicted molar refractivity (Wildman–Crippen MR) is 98.1 cm³/mol. The monoisotopic (exact) mass is 373 g/mol. The van der Waals surface area contributed by atoms with Gasteiger partial charge in [0, 0.05) is 33.2 Å². The first-order valence-electron chi connectivity index (χ1n) is 8.22. The second-order valence-corrected chi connectivity index (χ2v) is 6.26. The van der Waals surface area contributed by atoms with E-state index in [0.29, 0.717) is 5.56 Å². The Morgan fingerprint density at radius 3 is 2.69 bits per heavy atom. The van der Waals surface area contributed by atoms with Crippen molar-refractivity contribution in [3.05, 3.63) is 70.1 Å². The number of benzene rings is 2. The van der Waals surface area contributed by atoms with Crippen molar-refractivity contribution in [3.63, 3.8) is 0 Å². The minimum Gasteiger partial charge on any atom is -0.457 e. The molecule has 1 N–H and O–H groups in total. The molecule has 0 unspecified atom stereocenters. The number of Topliss-reactive ketones (excluding diaryl/α,β-unsaturated/α-hetero) is 1. The van der Waals surface area contributed by atoms with Gasteiger partial charge in [-0.1, -0.05) is 42.8 Å². The molecule has 26 heavy (non-hydrogen) atoms. The number of rotatable bonds is 6. The van der Waals surface area contributed by atoms with E-state index in [0.717, 1.165) is 22.9 Å². The quantitative estimate of drug-likeness (QED) is 0.511. The number of hydrogen-bond donors (Lipinski definition) is 1. The maximum Gasteiger partial charge on any atom is 0.310 e. The van der Waals surface area contributed by atoms with Gasteiger partial charge in [0.15, 0.2) is 6.61 Å². The normalized spacial score (nSPS) is 10.9. The number of aromatic nitrogens is 1. The molecule has 1 aromatic heterocycles. The van der Waals surface area contributed by atoms with Crippen LogP contribution >= 0.6 is 11.6 Å². The summed E-state index contributed by atoms with van der Waals surface area (Å²) in [6, 6.07) is 9.90. The Bertz CT molecular complexity index is 960. The molecule has 0 radical (unpaired) electrons. The van der Waals surface area contributed by atoms with Crippen molar-refractivity contribution in [2.75, 3.05) is 6.61 Å². The molecule has 0 spiro atoms. The number of aryl methyl sites for hydroxylation is 1. The average molecular weight is 374 g/mol. The second-order valence-electron chi connectivity index (χ2n) is 5.86. The van der Waals surface area contributed by atoms with E-state index in [9.17, 15) is 14.0 Å². The largest absolute Gasteiger partial charge is 0.457 e. The number of fused-ring (bicyclic) bond motifs is 1. The summed E-state index contributed by atoms with van der Waals surface area (Å²) in [6.45, 7) is 1.63. The fraction of sp³-hybridized carbons (Fsp3) is 0.200. The Morgan fingerprint density at radius 2 is 1.96 bits per heavy atom. The molecule has 6 heteroatoms. The predicted octanol–water partition coefficient (Wildman–Crippen LogP) is 4.49. The van der Waals surface area contributed by atoms with Crippen molar-refractivity contribution >= 4 is 34.3 Å². The first-order chi connectivity index (χ1) is 12.5.